The number of halogens is 1. The van der Waals surface area contributed by atoms with Gasteiger partial charge >= 0.3 is 0 Å². The van der Waals surface area contributed by atoms with Gasteiger partial charge in [-0.05, 0) is 31.0 Å². The zero-order chi connectivity index (χ0) is 19.7. The predicted molar refractivity (Wildman–Crippen MR) is 104 cm³/mol. The van der Waals surface area contributed by atoms with Gasteiger partial charge in [-0.3, -0.25) is 14.9 Å². The summed E-state index contributed by atoms with van der Waals surface area (Å²) in [5.41, 5.74) is 1.86. The maximum atomic E-state index is 12.6. The van der Waals surface area contributed by atoms with E-state index in [1.54, 1.807) is 41.3 Å². The van der Waals surface area contributed by atoms with Gasteiger partial charge in [0, 0.05) is 35.7 Å². The van der Waals surface area contributed by atoms with Crippen molar-refractivity contribution in [3.63, 3.8) is 0 Å². The minimum atomic E-state index is -0.450. The maximum Gasteiger partial charge on any atom is 0.273 e. The number of hydrogen-bond acceptors (Lipinski definition) is 5. The molecule has 1 saturated heterocycles. The second-order valence-electron chi connectivity index (χ2n) is 6.88. The first kappa shape index (κ1) is 18.4. The van der Waals surface area contributed by atoms with Crippen molar-refractivity contribution in [2.45, 2.75) is 25.2 Å². The number of likely N-dealkylation sites (tertiary alicyclic amines) is 1. The first-order valence-corrected chi connectivity index (χ1v) is 9.45. The number of benzene rings is 2. The molecule has 1 amide bonds. The van der Waals surface area contributed by atoms with Crippen LogP contribution in [-0.2, 0) is 11.2 Å². The van der Waals surface area contributed by atoms with Crippen LogP contribution in [0.25, 0.3) is 11.1 Å². The molecule has 0 N–H and O–H groups in total. The van der Waals surface area contributed by atoms with Gasteiger partial charge in [-0.1, -0.05) is 29.8 Å². The fraction of sp³-hybridized carbons (Fsp3) is 0.300. The van der Waals surface area contributed by atoms with Gasteiger partial charge in [0.05, 0.1) is 11.3 Å². The first-order valence-electron chi connectivity index (χ1n) is 9.07. The number of carbonyl (C=O) groups is 1. The van der Waals surface area contributed by atoms with Crippen molar-refractivity contribution in [2.75, 3.05) is 13.1 Å². The average Bonchev–Trinajstić information content (AvgIpc) is 3.11. The van der Waals surface area contributed by atoms with E-state index in [2.05, 4.69) is 4.98 Å². The number of aromatic nitrogens is 1. The second-order valence-corrected chi connectivity index (χ2v) is 7.32. The molecule has 0 saturated carbocycles. The van der Waals surface area contributed by atoms with Crippen LogP contribution >= 0.6 is 11.6 Å². The van der Waals surface area contributed by atoms with Crippen LogP contribution in [0.4, 0.5) is 5.69 Å². The van der Waals surface area contributed by atoms with Crippen molar-refractivity contribution in [2.24, 2.45) is 0 Å². The molecular weight excluding hydrogens is 382 g/mol. The second kappa shape index (κ2) is 7.59. The standard InChI is InChI=1S/C20H18ClN3O4/c21-15-5-6-18-16(12-15)22-20(28-18)13-7-9-23(10-8-13)19(25)11-14-3-1-2-4-17(14)24(26)27/h1-6,12-13H,7-11H2. The van der Waals surface area contributed by atoms with Crippen LogP contribution in [-0.4, -0.2) is 33.8 Å². The number of para-hydroxylation sites is 1. The summed E-state index contributed by atoms with van der Waals surface area (Å²) in [5, 5.41) is 11.7. The third kappa shape index (κ3) is 3.71. The van der Waals surface area contributed by atoms with Crippen molar-refractivity contribution >= 4 is 34.3 Å². The summed E-state index contributed by atoms with van der Waals surface area (Å²) in [6.45, 7) is 1.15. The number of rotatable bonds is 4. The van der Waals surface area contributed by atoms with E-state index >= 15 is 0 Å². The van der Waals surface area contributed by atoms with Crippen LogP contribution in [0.2, 0.25) is 5.02 Å². The van der Waals surface area contributed by atoms with E-state index in [1.807, 2.05) is 0 Å². The Hall–Kier alpha value is -2.93. The predicted octanol–water partition coefficient (Wildman–Crippen LogP) is 4.34. The SMILES string of the molecule is O=C(Cc1ccccc1[N+](=O)[O-])N1CCC(c2nc3cc(Cl)ccc3o2)CC1. The fourth-order valence-electron chi connectivity index (χ4n) is 3.58. The fourth-order valence-corrected chi connectivity index (χ4v) is 3.75. The number of amides is 1. The lowest BCUT2D eigenvalue weighted by Crippen LogP contribution is -2.38. The van der Waals surface area contributed by atoms with Crippen molar-refractivity contribution in [1.29, 1.82) is 0 Å². The van der Waals surface area contributed by atoms with Crippen molar-refractivity contribution in [1.82, 2.24) is 9.88 Å². The van der Waals surface area contributed by atoms with E-state index < -0.39 is 4.92 Å². The van der Waals surface area contributed by atoms with Crippen molar-refractivity contribution in [3.05, 3.63) is 69.1 Å². The van der Waals surface area contributed by atoms with Gasteiger partial charge in [0.25, 0.3) is 5.69 Å². The number of oxazole rings is 1. The average molecular weight is 400 g/mol. The third-order valence-corrected chi connectivity index (χ3v) is 5.33. The Bertz CT molecular complexity index is 1040. The number of fused-ring (bicyclic) bond motifs is 1. The van der Waals surface area contributed by atoms with E-state index in [1.165, 1.54) is 6.07 Å². The minimum absolute atomic E-state index is 0.0177. The van der Waals surface area contributed by atoms with Gasteiger partial charge < -0.3 is 9.32 Å². The lowest BCUT2D eigenvalue weighted by atomic mass is 9.96. The van der Waals surface area contributed by atoms with Gasteiger partial charge in [-0.2, -0.15) is 0 Å². The molecule has 7 nitrogen and oxygen atoms in total. The van der Waals surface area contributed by atoms with Crippen LogP contribution in [0.1, 0.15) is 30.2 Å². The Labute approximate surface area is 166 Å². The van der Waals surface area contributed by atoms with Gasteiger partial charge in [0.2, 0.25) is 5.91 Å². The normalized spacial score (nSPS) is 15.1. The highest BCUT2D eigenvalue weighted by Crippen LogP contribution is 2.31. The van der Waals surface area contributed by atoms with Crippen molar-refractivity contribution < 1.29 is 14.1 Å². The quantitative estimate of drug-likeness (QED) is 0.481. The van der Waals surface area contributed by atoms with Crippen LogP contribution in [0, 0.1) is 10.1 Å². The summed E-state index contributed by atoms with van der Waals surface area (Å²) in [4.78, 5) is 29.6. The Morgan fingerprint density at radius 1 is 1.25 bits per heavy atom. The molecule has 0 unspecified atom stereocenters. The molecule has 0 spiro atoms. The molecule has 1 aliphatic heterocycles. The number of nitrogens with zero attached hydrogens (tertiary/aromatic N) is 3. The molecule has 1 aromatic heterocycles. The molecule has 1 aliphatic rings. The number of nitro groups is 1. The van der Waals surface area contributed by atoms with E-state index in [0.717, 1.165) is 18.4 Å². The van der Waals surface area contributed by atoms with Gasteiger partial charge in [-0.25, -0.2) is 4.98 Å². The van der Waals surface area contributed by atoms with Gasteiger partial charge in [0.15, 0.2) is 11.5 Å². The Kier molecular flexibility index (Phi) is 5.00. The van der Waals surface area contributed by atoms with Gasteiger partial charge in [-0.15, -0.1) is 0 Å². The van der Waals surface area contributed by atoms with Crippen LogP contribution in [0.3, 0.4) is 0 Å². The smallest absolute Gasteiger partial charge is 0.273 e. The highest BCUT2D eigenvalue weighted by atomic mass is 35.5. The highest BCUT2D eigenvalue weighted by molar-refractivity contribution is 6.31. The number of hydrogen-bond donors (Lipinski definition) is 0. The van der Waals surface area contributed by atoms with E-state index in [-0.39, 0.29) is 23.9 Å². The zero-order valence-corrected chi connectivity index (χ0v) is 15.8. The molecule has 8 heteroatoms. The van der Waals surface area contributed by atoms with Crippen LogP contribution < -0.4 is 0 Å². The summed E-state index contributed by atoms with van der Waals surface area (Å²) in [6, 6.07) is 11.7. The van der Waals surface area contributed by atoms with Gasteiger partial charge in [0.1, 0.15) is 5.52 Å². The summed E-state index contributed by atoms with van der Waals surface area (Å²) in [6.07, 6.45) is 1.51. The highest BCUT2D eigenvalue weighted by Gasteiger charge is 2.28. The molecule has 4 rings (SSSR count). The summed E-state index contributed by atoms with van der Waals surface area (Å²) in [7, 11) is 0. The maximum absolute atomic E-state index is 12.6. The molecule has 0 atom stereocenters. The Morgan fingerprint density at radius 3 is 2.75 bits per heavy atom. The number of carbonyl (C=O) groups excluding carboxylic acids is 1. The Balaban J connectivity index is 1.41. The van der Waals surface area contributed by atoms with E-state index in [9.17, 15) is 14.9 Å². The molecule has 1 fully saturated rings. The van der Waals surface area contributed by atoms with Crippen LogP contribution in [0.5, 0.6) is 0 Å². The molecule has 144 valence electrons. The molecule has 3 aromatic rings. The first-order chi connectivity index (χ1) is 13.5. The monoisotopic (exact) mass is 399 g/mol. The topological polar surface area (TPSA) is 89.5 Å². The molecule has 0 aliphatic carbocycles. The molecule has 2 heterocycles. The summed E-state index contributed by atoms with van der Waals surface area (Å²) < 4.78 is 5.85. The lowest BCUT2D eigenvalue weighted by molar-refractivity contribution is -0.385. The largest absolute Gasteiger partial charge is 0.440 e. The molecular formula is C20H18ClN3O4. The van der Waals surface area contributed by atoms with Crippen LogP contribution in [0.15, 0.2) is 46.9 Å². The molecule has 2 aromatic carbocycles. The van der Waals surface area contributed by atoms with E-state index in [4.69, 9.17) is 16.0 Å². The van der Waals surface area contributed by atoms with E-state index in [0.29, 0.717) is 35.1 Å². The number of piperidine rings is 1. The zero-order valence-electron chi connectivity index (χ0n) is 15.0. The summed E-state index contributed by atoms with van der Waals surface area (Å²) in [5.74, 6) is 0.710. The molecule has 28 heavy (non-hydrogen) atoms. The minimum Gasteiger partial charge on any atom is -0.440 e. The Morgan fingerprint density at radius 2 is 2.00 bits per heavy atom. The molecule has 0 radical (unpaired) electrons. The van der Waals surface area contributed by atoms with Crippen molar-refractivity contribution in [3.8, 4) is 0 Å². The lowest BCUT2D eigenvalue weighted by Gasteiger charge is -2.30. The summed E-state index contributed by atoms with van der Waals surface area (Å²) >= 11 is 6.00. The third-order valence-electron chi connectivity index (χ3n) is 5.09. The number of nitro benzene ring substituents is 1. The molecule has 0 bridgehead atoms.